The van der Waals surface area contributed by atoms with Crippen LogP contribution in [0.2, 0.25) is 0 Å². The first-order valence-electron chi connectivity index (χ1n) is 15.2. The molecule has 2 atom stereocenters. The minimum atomic E-state index is 0.967. The van der Waals surface area contributed by atoms with Gasteiger partial charge in [-0.1, -0.05) is 188 Å². The van der Waals surface area contributed by atoms with Gasteiger partial charge in [0, 0.05) is 0 Å². The van der Waals surface area contributed by atoms with Gasteiger partial charge in [-0.2, -0.15) is 0 Å². The Kier molecular flexibility index (Phi) is 26.3. The van der Waals surface area contributed by atoms with E-state index in [0.29, 0.717) is 0 Å². The Balaban J connectivity index is 3.20. The Morgan fingerprint density at radius 1 is 0.290 bits per heavy atom. The van der Waals surface area contributed by atoms with Crippen molar-refractivity contribution in [3.05, 3.63) is 0 Å². The van der Waals surface area contributed by atoms with E-state index in [4.69, 9.17) is 0 Å². The molecule has 2 unspecified atom stereocenters. The monoisotopic (exact) mass is 437 g/mol. The largest absolute Gasteiger partial charge is 0.0654 e. The molecule has 188 valence electrons. The van der Waals surface area contributed by atoms with Crippen molar-refractivity contribution in [2.45, 2.75) is 188 Å². The highest BCUT2D eigenvalue weighted by atomic mass is 14.1. The van der Waals surface area contributed by atoms with Crippen LogP contribution in [0.4, 0.5) is 0 Å². The van der Waals surface area contributed by atoms with E-state index in [1.165, 1.54) is 161 Å². The molecule has 31 heavy (non-hydrogen) atoms. The van der Waals surface area contributed by atoms with E-state index >= 15 is 0 Å². The Labute approximate surface area is 200 Å². The van der Waals surface area contributed by atoms with Gasteiger partial charge in [-0.15, -0.1) is 0 Å². The van der Waals surface area contributed by atoms with Gasteiger partial charge >= 0.3 is 0 Å². The third kappa shape index (κ3) is 26.1. The smallest absolute Gasteiger partial charge is 0.0443 e. The molecule has 0 nitrogen and oxygen atoms in total. The van der Waals surface area contributed by atoms with Crippen LogP contribution in [0.5, 0.6) is 0 Å². The Hall–Kier alpha value is 0. The zero-order chi connectivity index (χ0) is 22.8. The van der Waals surface area contributed by atoms with E-state index in [-0.39, 0.29) is 0 Å². The van der Waals surface area contributed by atoms with Crippen LogP contribution in [-0.2, 0) is 0 Å². The van der Waals surface area contributed by atoms with Crippen LogP contribution in [-0.4, -0.2) is 0 Å². The Morgan fingerprint density at radius 3 is 0.710 bits per heavy atom. The maximum absolute atomic E-state index is 2.49. The van der Waals surface area contributed by atoms with Crippen molar-refractivity contribution in [3.8, 4) is 0 Å². The highest BCUT2D eigenvalue weighted by molar-refractivity contribution is 4.57. The molecule has 0 radical (unpaired) electrons. The van der Waals surface area contributed by atoms with E-state index < -0.39 is 0 Å². The van der Waals surface area contributed by atoms with Crippen LogP contribution in [0.3, 0.4) is 0 Å². The number of unbranched alkanes of at least 4 members (excludes halogenated alkanes) is 18. The van der Waals surface area contributed by atoms with Crippen LogP contribution < -0.4 is 0 Å². The van der Waals surface area contributed by atoms with E-state index in [9.17, 15) is 0 Å². The second kappa shape index (κ2) is 26.3. The summed E-state index contributed by atoms with van der Waals surface area (Å²) in [4.78, 5) is 0. The van der Waals surface area contributed by atoms with Gasteiger partial charge in [-0.05, 0) is 11.8 Å². The van der Waals surface area contributed by atoms with Gasteiger partial charge in [0.1, 0.15) is 0 Å². The lowest BCUT2D eigenvalue weighted by Crippen LogP contribution is -1.95. The molecule has 0 aliphatic carbocycles. The number of hydrogen-bond donors (Lipinski definition) is 0. The second-order valence-electron chi connectivity index (χ2n) is 11.1. The first kappa shape index (κ1) is 31.0. The summed E-state index contributed by atoms with van der Waals surface area (Å²) in [6.45, 7) is 9.59. The summed E-state index contributed by atoms with van der Waals surface area (Å²) >= 11 is 0. The van der Waals surface area contributed by atoms with E-state index in [1.54, 1.807) is 0 Å². The summed E-state index contributed by atoms with van der Waals surface area (Å²) < 4.78 is 0. The molecule has 0 fully saturated rings. The molecule has 0 aromatic carbocycles. The maximum Gasteiger partial charge on any atom is -0.0443 e. The molecule has 0 aliphatic rings. The van der Waals surface area contributed by atoms with E-state index in [2.05, 4.69) is 27.7 Å². The standard InChI is InChI=1S/C31H64/c1-5-7-9-11-18-22-26-30(3)28-24-20-16-14-13-15-17-21-25-29-31(4)27-23-19-12-10-8-6-2/h30-31H,5-29H2,1-4H3. The lowest BCUT2D eigenvalue weighted by Gasteiger charge is -2.11. The van der Waals surface area contributed by atoms with Gasteiger partial charge in [-0.3, -0.25) is 0 Å². The predicted octanol–water partition coefficient (Wildman–Crippen LogP) is 12.1. The molecule has 0 bridgehead atoms. The quantitative estimate of drug-likeness (QED) is 0.118. The highest BCUT2D eigenvalue weighted by Crippen LogP contribution is 2.20. The molecule has 0 rings (SSSR count). The van der Waals surface area contributed by atoms with Gasteiger partial charge in [0.15, 0.2) is 0 Å². The number of hydrogen-bond acceptors (Lipinski definition) is 0. The average Bonchev–Trinajstić information content (AvgIpc) is 2.76. The van der Waals surface area contributed by atoms with Gasteiger partial charge in [0.25, 0.3) is 0 Å². The lowest BCUT2D eigenvalue weighted by atomic mass is 9.95. The van der Waals surface area contributed by atoms with Gasteiger partial charge < -0.3 is 0 Å². The van der Waals surface area contributed by atoms with Crippen LogP contribution in [0, 0.1) is 11.8 Å². The highest BCUT2D eigenvalue weighted by Gasteiger charge is 2.03. The topological polar surface area (TPSA) is 0 Å². The van der Waals surface area contributed by atoms with Crippen LogP contribution in [0.1, 0.15) is 188 Å². The fraction of sp³-hybridized carbons (Fsp3) is 1.00. The molecule has 0 N–H and O–H groups in total. The van der Waals surface area contributed by atoms with Gasteiger partial charge in [0.05, 0.1) is 0 Å². The minimum absolute atomic E-state index is 0.967. The molecule has 0 aromatic rings. The zero-order valence-electron chi connectivity index (χ0n) is 22.8. The summed E-state index contributed by atoms with van der Waals surface area (Å²) in [5.74, 6) is 1.93. The normalized spacial score (nSPS) is 13.5. The van der Waals surface area contributed by atoms with E-state index in [1.807, 2.05) is 0 Å². The Bertz CT molecular complexity index is 277. The molecule has 0 heterocycles. The molecule has 0 saturated carbocycles. The first-order valence-corrected chi connectivity index (χ1v) is 15.2. The molecular formula is C31H64. The molecule has 0 spiro atoms. The summed E-state index contributed by atoms with van der Waals surface area (Å²) in [6.07, 6.45) is 36.6. The van der Waals surface area contributed by atoms with Crippen molar-refractivity contribution >= 4 is 0 Å². The van der Waals surface area contributed by atoms with Crippen LogP contribution >= 0.6 is 0 Å². The van der Waals surface area contributed by atoms with Crippen molar-refractivity contribution in [2.24, 2.45) is 11.8 Å². The predicted molar refractivity (Wildman–Crippen MR) is 145 cm³/mol. The van der Waals surface area contributed by atoms with Crippen LogP contribution in [0.15, 0.2) is 0 Å². The van der Waals surface area contributed by atoms with Crippen molar-refractivity contribution in [3.63, 3.8) is 0 Å². The fourth-order valence-electron chi connectivity index (χ4n) is 5.06. The Morgan fingerprint density at radius 2 is 0.484 bits per heavy atom. The molecule has 0 amide bonds. The third-order valence-corrected chi connectivity index (χ3v) is 7.49. The van der Waals surface area contributed by atoms with Crippen molar-refractivity contribution in [1.82, 2.24) is 0 Å². The molecular weight excluding hydrogens is 372 g/mol. The number of rotatable bonds is 26. The summed E-state index contributed by atoms with van der Waals surface area (Å²) in [5.41, 5.74) is 0. The van der Waals surface area contributed by atoms with Crippen LogP contribution in [0.25, 0.3) is 0 Å². The molecule has 0 heteroatoms. The summed E-state index contributed by atoms with van der Waals surface area (Å²) in [6, 6.07) is 0. The fourth-order valence-corrected chi connectivity index (χ4v) is 5.06. The molecule has 0 saturated heterocycles. The molecule has 0 aromatic heterocycles. The summed E-state index contributed by atoms with van der Waals surface area (Å²) in [7, 11) is 0. The van der Waals surface area contributed by atoms with Crippen molar-refractivity contribution < 1.29 is 0 Å². The third-order valence-electron chi connectivity index (χ3n) is 7.49. The van der Waals surface area contributed by atoms with Crippen molar-refractivity contribution in [2.75, 3.05) is 0 Å². The minimum Gasteiger partial charge on any atom is -0.0654 e. The second-order valence-corrected chi connectivity index (χ2v) is 11.1. The molecule has 0 aliphatic heterocycles. The van der Waals surface area contributed by atoms with Gasteiger partial charge in [0.2, 0.25) is 0 Å². The van der Waals surface area contributed by atoms with Crippen molar-refractivity contribution in [1.29, 1.82) is 0 Å². The first-order chi connectivity index (χ1) is 15.2. The van der Waals surface area contributed by atoms with Gasteiger partial charge in [-0.25, -0.2) is 0 Å². The summed E-state index contributed by atoms with van der Waals surface area (Å²) in [5, 5.41) is 0. The van der Waals surface area contributed by atoms with E-state index in [0.717, 1.165) is 11.8 Å². The zero-order valence-corrected chi connectivity index (χ0v) is 22.8. The lowest BCUT2D eigenvalue weighted by molar-refractivity contribution is 0.425. The maximum atomic E-state index is 2.49. The SMILES string of the molecule is CCCCCCCCC(C)CCCCCCCCCCCC(C)CCCCCCCC. The average molecular weight is 437 g/mol.